The number of halogens is 1. The predicted molar refractivity (Wildman–Crippen MR) is 102 cm³/mol. The van der Waals surface area contributed by atoms with Crippen LogP contribution in [0, 0.1) is 5.41 Å². The first-order valence-corrected chi connectivity index (χ1v) is 9.03. The third-order valence-corrected chi connectivity index (χ3v) is 4.66. The minimum absolute atomic E-state index is 0.0327. The van der Waals surface area contributed by atoms with Gasteiger partial charge >= 0.3 is 0 Å². The molecule has 26 heavy (non-hydrogen) atoms. The number of hydrogen-bond acceptors (Lipinski definition) is 3. The van der Waals surface area contributed by atoms with Gasteiger partial charge in [-0.05, 0) is 31.0 Å². The quantitative estimate of drug-likeness (QED) is 0.877. The lowest BCUT2D eigenvalue weighted by molar-refractivity contribution is -0.143. The van der Waals surface area contributed by atoms with Gasteiger partial charge in [0.1, 0.15) is 6.04 Å². The van der Waals surface area contributed by atoms with Crippen molar-refractivity contribution < 1.29 is 14.4 Å². The normalized spacial score (nSPS) is 17.2. The number of carbonyl (C=O) groups is 3. The second-order valence-electron chi connectivity index (χ2n) is 7.79. The zero-order chi connectivity index (χ0) is 19.6. The Bertz CT molecular complexity index is 725. The number of hydrogen-bond donors (Lipinski definition) is 1. The number of anilines is 1. The maximum absolute atomic E-state index is 12.7. The smallest absolute Gasteiger partial charge is 0.254 e. The molecule has 1 aromatic rings. The van der Waals surface area contributed by atoms with Gasteiger partial charge in [-0.2, -0.15) is 0 Å². The molecule has 142 valence electrons. The lowest BCUT2D eigenvalue weighted by Gasteiger charge is -2.30. The van der Waals surface area contributed by atoms with E-state index in [9.17, 15) is 14.4 Å². The molecular formula is C19H26ClN3O3. The SMILES string of the molecule is CN(C)C(=O)c1cc(NC(=O)C2CCCN2C(=O)C(C)(C)C)ccc1Cl. The molecule has 0 bridgehead atoms. The fourth-order valence-electron chi connectivity index (χ4n) is 2.95. The molecule has 0 radical (unpaired) electrons. The molecule has 1 heterocycles. The maximum Gasteiger partial charge on any atom is 0.254 e. The lowest BCUT2D eigenvalue weighted by Crippen LogP contribution is -2.47. The number of carbonyl (C=O) groups excluding carboxylic acids is 3. The molecule has 6 nitrogen and oxygen atoms in total. The van der Waals surface area contributed by atoms with E-state index in [0.717, 1.165) is 6.42 Å². The van der Waals surface area contributed by atoms with Gasteiger partial charge in [0.05, 0.1) is 10.6 Å². The molecule has 0 aliphatic carbocycles. The van der Waals surface area contributed by atoms with Gasteiger partial charge in [-0.15, -0.1) is 0 Å². The Labute approximate surface area is 159 Å². The van der Waals surface area contributed by atoms with E-state index in [2.05, 4.69) is 5.32 Å². The highest BCUT2D eigenvalue weighted by Crippen LogP contribution is 2.27. The van der Waals surface area contributed by atoms with Crippen LogP contribution in [0.2, 0.25) is 5.02 Å². The highest BCUT2D eigenvalue weighted by Gasteiger charge is 2.38. The van der Waals surface area contributed by atoms with Crippen LogP contribution < -0.4 is 5.32 Å². The fourth-order valence-corrected chi connectivity index (χ4v) is 3.14. The zero-order valence-corrected chi connectivity index (χ0v) is 16.7. The van der Waals surface area contributed by atoms with Crippen LogP contribution in [0.1, 0.15) is 44.0 Å². The Morgan fingerprint density at radius 1 is 1.23 bits per heavy atom. The van der Waals surface area contributed by atoms with Crippen LogP contribution in [0.3, 0.4) is 0 Å². The van der Waals surface area contributed by atoms with Gasteiger partial charge in [0, 0.05) is 31.7 Å². The molecule has 0 saturated carbocycles. The minimum atomic E-state index is -0.533. The van der Waals surface area contributed by atoms with Crippen LogP contribution in [0.15, 0.2) is 18.2 Å². The second-order valence-corrected chi connectivity index (χ2v) is 8.20. The maximum atomic E-state index is 12.7. The van der Waals surface area contributed by atoms with E-state index in [4.69, 9.17) is 11.6 Å². The first-order valence-electron chi connectivity index (χ1n) is 8.65. The van der Waals surface area contributed by atoms with E-state index in [-0.39, 0.29) is 17.7 Å². The third kappa shape index (κ3) is 4.36. The summed E-state index contributed by atoms with van der Waals surface area (Å²) in [5.41, 5.74) is 0.275. The van der Waals surface area contributed by atoms with E-state index in [1.165, 1.54) is 4.90 Å². The van der Waals surface area contributed by atoms with Crippen LogP contribution in [-0.2, 0) is 9.59 Å². The largest absolute Gasteiger partial charge is 0.345 e. The van der Waals surface area contributed by atoms with Crippen molar-refractivity contribution in [2.75, 3.05) is 26.0 Å². The van der Waals surface area contributed by atoms with Crippen LogP contribution in [-0.4, -0.2) is 54.2 Å². The molecule has 1 fully saturated rings. The predicted octanol–water partition coefficient (Wildman–Crippen LogP) is 3.02. The Morgan fingerprint density at radius 2 is 1.88 bits per heavy atom. The fraction of sp³-hybridized carbons (Fsp3) is 0.526. The van der Waals surface area contributed by atoms with Crippen molar-refractivity contribution in [1.82, 2.24) is 9.80 Å². The average molecular weight is 380 g/mol. The topological polar surface area (TPSA) is 69.7 Å². The van der Waals surface area contributed by atoms with Gasteiger partial charge < -0.3 is 15.1 Å². The van der Waals surface area contributed by atoms with E-state index in [1.807, 2.05) is 20.8 Å². The summed E-state index contributed by atoms with van der Waals surface area (Å²) in [6.07, 6.45) is 1.43. The van der Waals surface area contributed by atoms with Crippen molar-refractivity contribution in [2.24, 2.45) is 5.41 Å². The van der Waals surface area contributed by atoms with Crippen molar-refractivity contribution >= 4 is 35.0 Å². The van der Waals surface area contributed by atoms with Gasteiger partial charge in [0.2, 0.25) is 11.8 Å². The van der Waals surface area contributed by atoms with Gasteiger partial charge in [-0.1, -0.05) is 32.4 Å². The Morgan fingerprint density at radius 3 is 2.46 bits per heavy atom. The van der Waals surface area contributed by atoms with Crippen molar-refractivity contribution in [1.29, 1.82) is 0 Å². The first-order chi connectivity index (χ1) is 12.0. The van der Waals surface area contributed by atoms with Crippen LogP contribution in [0.4, 0.5) is 5.69 Å². The Balaban J connectivity index is 2.18. The molecule has 1 saturated heterocycles. The highest BCUT2D eigenvalue weighted by atomic mass is 35.5. The standard InChI is InChI=1S/C19H26ClN3O3/c1-19(2,3)18(26)23-10-6-7-15(23)16(24)21-12-8-9-14(20)13(11-12)17(25)22(4)5/h8-9,11,15H,6-7,10H2,1-5H3,(H,21,24). The first kappa shape index (κ1) is 20.2. The summed E-state index contributed by atoms with van der Waals surface area (Å²) in [5.74, 6) is -0.517. The molecule has 1 aliphatic heterocycles. The summed E-state index contributed by atoms with van der Waals surface area (Å²) in [6, 6.07) is 4.30. The van der Waals surface area contributed by atoms with Crippen molar-refractivity contribution in [3.63, 3.8) is 0 Å². The Kier molecular flexibility index (Phi) is 5.96. The van der Waals surface area contributed by atoms with Crippen molar-refractivity contribution in [3.05, 3.63) is 28.8 Å². The molecule has 0 spiro atoms. The third-order valence-electron chi connectivity index (χ3n) is 4.33. The van der Waals surface area contributed by atoms with Gasteiger partial charge in [0.15, 0.2) is 0 Å². The molecule has 1 N–H and O–H groups in total. The van der Waals surface area contributed by atoms with E-state index in [1.54, 1.807) is 37.2 Å². The van der Waals surface area contributed by atoms with Gasteiger partial charge in [-0.3, -0.25) is 14.4 Å². The van der Waals surface area contributed by atoms with E-state index < -0.39 is 11.5 Å². The van der Waals surface area contributed by atoms with Crippen LogP contribution >= 0.6 is 11.6 Å². The van der Waals surface area contributed by atoms with E-state index >= 15 is 0 Å². The molecular weight excluding hydrogens is 354 g/mol. The molecule has 1 aromatic carbocycles. The zero-order valence-electron chi connectivity index (χ0n) is 15.9. The number of nitrogens with one attached hydrogen (secondary N) is 1. The number of likely N-dealkylation sites (tertiary alicyclic amines) is 1. The molecule has 1 aliphatic rings. The summed E-state index contributed by atoms with van der Waals surface area (Å²) in [6.45, 7) is 6.13. The molecule has 0 aromatic heterocycles. The van der Waals surface area contributed by atoms with Crippen molar-refractivity contribution in [3.8, 4) is 0 Å². The Hall–Kier alpha value is -2.08. The van der Waals surface area contributed by atoms with Crippen LogP contribution in [0.5, 0.6) is 0 Å². The van der Waals surface area contributed by atoms with Gasteiger partial charge in [0.25, 0.3) is 5.91 Å². The molecule has 1 atom stereocenters. The summed E-state index contributed by atoms with van der Waals surface area (Å²) < 4.78 is 0. The average Bonchev–Trinajstić information content (AvgIpc) is 3.03. The number of amides is 3. The monoisotopic (exact) mass is 379 g/mol. The molecule has 2 rings (SSSR count). The summed E-state index contributed by atoms with van der Waals surface area (Å²) in [4.78, 5) is 40.6. The molecule has 1 unspecified atom stereocenters. The second kappa shape index (κ2) is 7.66. The summed E-state index contributed by atoms with van der Waals surface area (Å²) >= 11 is 6.10. The van der Waals surface area contributed by atoms with E-state index in [0.29, 0.717) is 29.2 Å². The summed E-state index contributed by atoms with van der Waals surface area (Å²) in [5, 5.41) is 3.15. The molecule has 3 amide bonds. The van der Waals surface area contributed by atoms with Crippen LogP contribution in [0.25, 0.3) is 0 Å². The number of rotatable bonds is 3. The van der Waals surface area contributed by atoms with Crippen molar-refractivity contribution in [2.45, 2.75) is 39.7 Å². The number of benzene rings is 1. The molecule has 7 heteroatoms. The number of nitrogens with zero attached hydrogens (tertiary/aromatic N) is 2. The highest BCUT2D eigenvalue weighted by molar-refractivity contribution is 6.34. The minimum Gasteiger partial charge on any atom is -0.345 e. The van der Waals surface area contributed by atoms with Gasteiger partial charge in [-0.25, -0.2) is 0 Å². The lowest BCUT2D eigenvalue weighted by atomic mass is 9.94. The summed E-state index contributed by atoms with van der Waals surface area (Å²) in [7, 11) is 3.27.